The summed E-state index contributed by atoms with van der Waals surface area (Å²) >= 11 is 5.81. The minimum Gasteiger partial charge on any atom is -0.493 e. The summed E-state index contributed by atoms with van der Waals surface area (Å²) in [5, 5.41) is 19.5. The Morgan fingerprint density at radius 3 is 2.68 bits per heavy atom. The fraction of sp³-hybridized carbons (Fsp3) is 0.250. The van der Waals surface area contributed by atoms with Gasteiger partial charge in [-0.25, -0.2) is 0 Å². The lowest BCUT2D eigenvalue weighted by molar-refractivity contribution is -0.120. The SMILES string of the molecule is CCOCCn1c(O)c(N=NC(=O)COc2ccc(Cl)cc2)c2ccccc21. The summed E-state index contributed by atoms with van der Waals surface area (Å²) in [6.07, 6.45) is 0. The topological polar surface area (TPSA) is 85.4 Å². The molecule has 0 aliphatic rings. The normalized spacial score (nSPS) is 11.4. The fourth-order valence-corrected chi connectivity index (χ4v) is 2.83. The predicted molar refractivity (Wildman–Crippen MR) is 107 cm³/mol. The molecule has 0 spiro atoms. The van der Waals surface area contributed by atoms with Crippen molar-refractivity contribution in [2.75, 3.05) is 19.8 Å². The second kappa shape index (κ2) is 9.34. The number of fused-ring (bicyclic) bond motifs is 1. The average molecular weight is 402 g/mol. The molecule has 1 amide bonds. The van der Waals surface area contributed by atoms with Crippen molar-refractivity contribution in [1.29, 1.82) is 0 Å². The molecule has 28 heavy (non-hydrogen) atoms. The summed E-state index contributed by atoms with van der Waals surface area (Å²) in [6, 6.07) is 14.0. The largest absolute Gasteiger partial charge is 0.493 e. The molecule has 0 aliphatic heterocycles. The van der Waals surface area contributed by atoms with Crippen molar-refractivity contribution < 1.29 is 19.4 Å². The van der Waals surface area contributed by atoms with Crippen LogP contribution in [0.3, 0.4) is 0 Å². The number of aromatic nitrogens is 1. The van der Waals surface area contributed by atoms with Gasteiger partial charge in [-0.3, -0.25) is 4.79 Å². The Balaban J connectivity index is 1.74. The van der Waals surface area contributed by atoms with Crippen molar-refractivity contribution in [2.45, 2.75) is 13.5 Å². The molecule has 7 nitrogen and oxygen atoms in total. The van der Waals surface area contributed by atoms with Crippen LogP contribution in [0, 0.1) is 0 Å². The molecule has 0 saturated heterocycles. The first-order valence-electron chi connectivity index (χ1n) is 8.81. The molecule has 1 aromatic heterocycles. The van der Waals surface area contributed by atoms with Crippen LogP contribution in [0.15, 0.2) is 58.8 Å². The van der Waals surface area contributed by atoms with E-state index < -0.39 is 5.91 Å². The third kappa shape index (κ3) is 4.68. The highest BCUT2D eigenvalue weighted by Gasteiger charge is 2.16. The highest BCUT2D eigenvalue weighted by atomic mass is 35.5. The van der Waals surface area contributed by atoms with Crippen LogP contribution in [-0.2, 0) is 16.1 Å². The standard InChI is InChI=1S/C20H20ClN3O4/c1-2-27-12-11-24-17-6-4-3-5-16(17)19(20(24)26)23-22-18(25)13-28-15-9-7-14(21)8-10-15/h3-10,26H,2,11-13H2,1H3. The number of rotatable bonds is 8. The molecule has 8 heteroatoms. The van der Waals surface area contributed by atoms with Crippen LogP contribution in [0.2, 0.25) is 5.02 Å². The van der Waals surface area contributed by atoms with E-state index in [9.17, 15) is 9.90 Å². The van der Waals surface area contributed by atoms with Crippen molar-refractivity contribution >= 4 is 34.1 Å². The van der Waals surface area contributed by atoms with E-state index in [1.165, 1.54) is 0 Å². The molecule has 3 rings (SSSR count). The van der Waals surface area contributed by atoms with Crippen LogP contribution in [-0.4, -0.2) is 35.4 Å². The minimum atomic E-state index is -0.569. The van der Waals surface area contributed by atoms with Gasteiger partial charge in [0.05, 0.1) is 12.1 Å². The quantitative estimate of drug-likeness (QED) is 0.437. The van der Waals surface area contributed by atoms with E-state index in [0.717, 1.165) is 5.52 Å². The van der Waals surface area contributed by atoms with Gasteiger partial charge in [0.2, 0.25) is 5.88 Å². The van der Waals surface area contributed by atoms with E-state index in [2.05, 4.69) is 10.2 Å². The van der Waals surface area contributed by atoms with Crippen LogP contribution in [0.1, 0.15) is 6.92 Å². The zero-order valence-electron chi connectivity index (χ0n) is 15.3. The van der Waals surface area contributed by atoms with Crippen LogP contribution < -0.4 is 4.74 Å². The van der Waals surface area contributed by atoms with E-state index in [-0.39, 0.29) is 18.2 Å². The van der Waals surface area contributed by atoms with Crippen molar-refractivity contribution in [3.63, 3.8) is 0 Å². The number of para-hydroxylation sites is 1. The van der Waals surface area contributed by atoms with Crippen LogP contribution in [0.5, 0.6) is 11.6 Å². The van der Waals surface area contributed by atoms with Crippen LogP contribution >= 0.6 is 11.6 Å². The molecule has 1 heterocycles. The Bertz CT molecular complexity index is 983. The number of hydrogen-bond donors (Lipinski definition) is 1. The number of amides is 1. The molecular weight excluding hydrogens is 382 g/mol. The van der Waals surface area contributed by atoms with Gasteiger partial charge in [0.15, 0.2) is 12.3 Å². The Morgan fingerprint density at radius 1 is 1.18 bits per heavy atom. The first-order chi connectivity index (χ1) is 13.6. The van der Waals surface area contributed by atoms with Crippen molar-refractivity contribution in [3.8, 4) is 11.6 Å². The van der Waals surface area contributed by atoms with Gasteiger partial charge in [0.1, 0.15) is 5.75 Å². The minimum absolute atomic E-state index is 0.0592. The van der Waals surface area contributed by atoms with E-state index in [1.54, 1.807) is 28.8 Å². The van der Waals surface area contributed by atoms with Gasteiger partial charge >= 0.3 is 5.91 Å². The number of azo groups is 1. The molecule has 0 bridgehead atoms. The summed E-state index contributed by atoms with van der Waals surface area (Å²) < 4.78 is 12.4. The Morgan fingerprint density at radius 2 is 1.93 bits per heavy atom. The van der Waals surface area contributed by atoms with Gasteiger partial charge in [-0.05, 0) is 37.3 Å². The van der Waals surface area contributed by atoms with Gasteiger partial charge in [-0.1, -0.05) is 29.8 Å². The third-order valence-corrected chi connectivity index (χ3v) is 4.27. The number of halogens is 1. The molecule has 0 fully saturated rings. The van der Waals surface area contributed by atoms with E-state index in [0.29, 0.717) is 35.9 Å². The second-order valence-corrected chi connectivity index (χ2v) is 6.31. The molecule has 0 unspecified atom stereocenters. The highest BCUT2D eigenvalue weighted by molar-refractivity contribution is 6.30. The first-order valence-corrected chi connectivity index (χ1v) is 9.18. The lowest BCUT2D eigenvalue weighted by atomic mass is 10.2. The Kier molecular flexibility index (Phi) is 6.62. The van der Waals surface area contributed by atoms with Crippen LogP contribution in [0.4, 0.5) is 5.69 Å². The molecule has 0 radical (unpaired) electrons. The number of aromatic hydroxyl groups is 1. The van der Waals surface area contributed by atoms with Gasteiger partial charge < -0.3 is 19.1 Å². The van der Waals surface area contributed by atoms with E-state index >= 15 is 0 Å². The fourth-order valence-electron chi connectivity index (χ4n) is 2.71. The monoisotopic (exact) mass is 401 g/mol. The molecule has 1 N–H and O–H groups in total. The number of carbonyl (C=O) groups is 1. The van der Waals surface area contributed by atoms with Crippen molar-refractivity contribution in [2.24, 2.45) is 10.2 Å². The van der Waals surface area contributed by atoms with E-state index in [4.69, 9.17) is 21.1 Å². The second-order valence-electron chi connectivity index (χ2n) is 5.87. The maximum atomic E-state index is 12.0. The smallest absolute Gasteiger partial charge is 0.302 e. The molecule has 0 aliphatic carbocycles. The first kappa shape index (κ1) is 19.9. The lowest BCUT2D eigenvalue weighted by Gasteiger charge is -2.06. The van der Waals surface area contributed by atoms with E-state index in [1.807, 2.05) is 31.2 Å². The van der Waals surface area contributed by atoms with Crippen molar-refractivity contribution in [3.05, 3.63) is 53.6 Å². The Hall–Kier alpha value is -2.90. The number of ether oxygens (including phenoxy) is 2. The molecule has 0 saturated carbocycles. The molecule has 146 valence electrons. The maximum absolute atomic E-state index is 12.0. The average Bonchev–Trinajstić information content (AvgIpc) is 2.97. The number of carbonyl (C=O) groups excluding carboxylic acids is 1. The summed E-state index contributed by atoms with van der Waals surface area (Å²) in [5.74, 6) is -0.125. The molecule has 2 aromatic carbocycles. The number of nitrogens with zero attached hydrogens (tertiary/aromatic N) is 3. The lowest BCUT2D eigenvalue weighted by Crippen LogP contribution is -2.07. The highest BCUT2D eigenvalue weighted by Crippen LogP contribution is 2.38. The zero-order chi connectivity index (χ0) is 19.9. The maximum Gasteiger partial charge on any atom is 0.302 e. The molecular formula is C20H20ClN3O4. The zero-order valence-corrected chi connectivity index (χ0v) is 16.1. The van der Waals surface area contributed by atoms with Crippen molar-refractivity contribution in [1.82, 2.24) is 4.57 Å². The summed E-state index contributed by atoms with van der Waals surface area (Å²) in [7, 11) is 0. The Labute approximate surface area is 167 Å². The third-order valence-electron chi connectivity index (χ3n) is 4.02. The molecule has 3 aromatic rings. The summed E-state index contributed by atoms with van der Waals surface area (Å²) in [4.78, 5) is 12.0. The number of hydrogen-bond acceptors (Lipinski definition) is 5. The summed E-state index contributed by atoms with van der Waals surface area (Å²) in [6.45, 7) is 3.14. The van der Waals surface area contributed by atoms with Gasteiger partial charge in [0, 0.05) is 23.6 Å². The van der Waals surface area contributed by atoms with Gasteiger partial charge in [-0.2, -0.15) is 0 Å². The summed E-state index contributed by atoms with van der Waals surface area (Å²) in [5.41, 5.74) is 1.03. The number of benzene rings is 2. The predicted octanol–water partition coefficient (Wildman–Crippen LogP) is 4.73. The van der Waals surface area contributed by atoms with Gasteiger partial charge in [-0.15, -0.1) is 10.2 Å². The van der Waals surface area contributed by atoms with Gasteiger partial charge in [0.25, 0.3) is 0 Å². The molecule has 0 atom stereocenters. The van der Waals surface area contributed by atoms with Crippen LogP contribution in [0.25, 0.3) is 10.9 Å².